The Bertz CT molecular complexity index is 95.9. The van der Waals surface area contributed by atoms with E-state index in [1.807, 2.05) is 0 Å². The van der Waals surface area contributed by atoms with Gasteiger partial charge in [-0.05, 0) is 22.6 Å². The van der Waals surface area contributed by atoms with Crippen LogP contribution in [0.25, 0.3) is 0 Å². The van der Waals surface area contributed by atoms with E-state index in [0.717, 1.165) is 22.6 Å². The Kier molecular flexibility index (Phi) is 1.26. The largest absolute Gasteiger partial charge is 0.290 e. The predicted molar refractivity (Wildman–Crippen MR) is 32.0 cm³/mol. The van der Waals surface area contributed by atoms with Crippen molar-refractivity contribution in [2.24, 2.45) is 0 Å². The minimum Gasteiger partial charge on any atom is -0.226 e. The van der Waals surface area contributed by atoms with Crippen molar-refractivity contribution >= 4 is 22.6 Å². The molecule has 48 valence electrons. The summed E-state index contributed by atoms with van der Waals surface area (Å²) in [5.41, 5.74) is 0. The van der Waals surface area contributed by atoms with Crippen LogP contribution in [-0.4, -0.2) is 9.60 Å². The quantitative estimate of drug-likeness (QED) is 0.447. The smallest absolute Gasteiger partial charge is 0.226 e. The number of hydrogen-bond donors (Lipinski definition) is 0. The van der Waals surface area contributed by atoms with Gasteiger partial charge in [-0.2, -0.15) is 0 Å². The Balaban J connectivity index is 2.63. The first-order chi connectivity index (χ1) is 3.46. The molecule has 0 bridgehead atoms. The molecule has 0 nitrogen and oxygen atoms in total. The first-order valence-electron chi connectivity index (χ1n) is 2.21. The minimum absolute atomic E-state index is 0.0133. The average molecular weight is 236 g/mol. The summed E-state index contributed by atoms with van der Waals surface area (Å²) in [6, 6.07) is 0. The lowest BCUT2D eigenvalue weighted by atomic mass is 9.92. The summed E-state index contributed by atoms with van der Waals surface area (Å²) in [6.07, 6.45) is -0.313. The van der Waals surface area contributed by atoms with Gasteiger partial charge in [0.25, 0.3) is 5.92 Å². The van der Waals surface area contributed by atoms with Crippen LogP contribution >= 0.6 is 22.6 Å². The average Bonchev–Trinajstić information content (AvgIpc) is 1.64. The van der Waals surface area contributed by atoms with E-state index >= 15 is 0 Å². The zero-order valence-electron chi connectivity index (χ0n) is 3.93. The van der Waals surface area contributed by atoms with Crippen LogP contribution in [0.3, 0.4) is 0 Å². The van der Waals surface area contributed by atoms with Crippen LogP contribution in [0.2, 0.25) is 0 Å². The summed E-state index contributed by atoms with van der Waals surface area (Å²) >= 11 is 1.15. The van der Waals surface area contributed by atoms with Gasteiger partial charge in [0.1, 0.15) is 0 Å². The fraction of sp³-hybridized carbons (Fsp3) is 1.00. The molecule has 0 N–H and O–H groups in total. The second-order valence-corrected chi connectivity index (χ2v) is 3.62. The van der Waals surface area contributed by atoms with E-state index in [1.54, 1.807) is 0 Å². The first-order valence-corrected chi connectivity index (χ1v) is 3.29. The van der Waals surface area contributed by atoms with Crippen molar-refractivity contribution in [2.45, 2.75) is 22.4 Å². The van der Waals surface area contributed by atoms with Gasteiger partial charge >= 0.3 is 0 Å². The monoisotopic (exact) mass is 236 g/mol. The third kappa shape index (κ3) is 0.728. The van der Waals surface area contributed by atoms with E-state index in [9.17, 15) is 13.2 Å². The Hall–Kier alpha value is 0.520. The summed E-state index contributed by atoms with van der Waals surface area (Å²) in [5.74, 6) is -3.06. The summed E-state index contributed by atoms with van der Waals surface area (Å²) < 4.78 is 33.8. The number of hydrogen-bond acceptors (Lipinski definition) is 0. The first kappa shape index (κ1) is 6.64. The van der Waals surface area contributed by atoms with Crippen molar-refractivity contribution in [1.29, 1.82) is 0 Å². The number of alkyl halides is 4. The summed E-state index contributed by atoms with van der Waals surface area (Å²) in [4.78, 5) is 0. The molecule has 0 aromatic rings. The molecule has 4 heteroatoms. The van der Waals surface area contributed by atoms with E-state index in [1.165, 1.54) is 0 Å². The molecule has 0 spiro atoms. The maximum atomic E-state index is 12.2. The highest BCUT2D eigenvalue weighted by molar-refractivity contribution is 14.1. The molecule has 8 heavy (non-hydrogen) atoms. The summed E-state index contributed by atoms with van der Waals surface area (Å²) in [7, 11) is 0. The van der Waals surface area contributed by atoms with E-state index in [2.05, 4.69) is 0 Å². The summed E-state index contributed by atoms with van der Waals surface area (Å²) in [6.45, 7) is 0. The molecule has 1 aliphatic rings. The van der Waals surface area contributed by atoms with Crippen LogP contribution in [0.15, 0.2) is 0 Å². The van der Waals surface area contributed by atoms with Crippen molar-refractivity contribution in [2.75, 3.05) is 0 Å². The molecule has 1 aliphatic carbocycles. The summed E-state index contributed by atoms with van der Waals surface area (Å²) in [5, 5.41) is 0. The highest BCUT2D eigenvalue weighted by Crippen LogP contribution is 2.54. The van der Waals surface area contributed by atoms with Gasteiger partial charge in [-0.3, -0.25) is 0 Å². The molecule has 0 radical (unpaired) electrons. The fourth-order valence-corrected chi connectivity index (χ4v) is 1.04. The van der Waals surface area contributed by atoms with Crippen LogP contribution in [0.1, 0.15) is 12.8 Å². The molecule has 0 heterocycles. The van der Waals surface area contributed by atoms with Crippen molar-refractivity contribution in [3.8, 4) is 0 Å². The van der Waals surface area contributed by atoms with Crippen molar-refractivity contribution in [3.63, 3.8) is 0 Å². The highest BCUT2D eigenvalue weighted by atomic mass is 127. The predicted octanol–water partition coefficient (Wildman–Crippen LogP) is 2.52. The van der Waals surface area contributed by atoms with Gasteiger partial charge in [0, 0.05) is 12.8 Å². The molecular weight excluding hydrogens is 232 g/mol. The second-order valence-electron chi connectivity index (χ2n) is 1.91. The molecule has 0 amide bonds. The molecule has 1 saturated carbocycles. The van der Waals surface area contributed by atoms with Crippen LogP contribution < -0.4 is 0 Å². The molecular formula is C4H4F3I. The van der Waals surface area contributed by atoms with E-state index in [0.29, 0.717) is 0 Å². The van der Waals surface area contributed by atoms with Gasteiger partial charge in [0.05, 0.1) is 0 Å². The van der Waals surface area contributed by atoms with Crippen molar-refractivity contribution in [3.05, 3.63) is 0 Å². The lowest BCUT2D eigenvalue weighted by Crippen LogP contribution is -2.48. The standard InChI is InChI=1S/C4H4F3I/c5-3(6)1-2-4(3,7)8/h1-2H2. The van der Waals surface area contributed by atoms with Crippen LogP contribution in [-0.2, 0) is 0 Å². The number of halogens is 4. The molecule has 0 aromatic heterocycles. The lowest BCUT2D eigenvalue weighted by molar-refractivity contribution is -0.151. The maximum Gasteiger partial charge on any atom is 0.290 e. The van der Waals surface area contributed by atoms with Gasteiger partial charge in [-0.25, -0.2) is 13.2 Å². The normalized spacial score (nSPS) is 43.5. The van der Waals surface area contributed by atoms with Gasteiger partial charge in [-0.1, -0.05) is 0 Å². The molecule has 1 fully saturated rings. The molecule has 1 atom stereocenters. The molecule has 1 rings (SSSR count). The third-order valence-corrected chi connectivity index (χ3v) is 2.62. The second kappa shape index (κ2) is 1.52. The van der Waals surface area contributed by atoms with Crippen LogP contribution in [0, 0.1) is 0 Å². The Morgan fingerprint density at radius 3 is 1.50 bits per heavy atom. The maximum absolute atomic E-state index is 12.2. The van der Waals surface area contributed by atoms with Gasteiger partial charge in [0.2, 0.25) is 3.68 Å². The fourth-order valence-electron chi connectivity index (χ4n) is 0.503. The minimum atomic E-state index is -3.06. The van der Waals surface area contributed by atoms with Crippen LogP contribution in [0.5, 0.6) is 0 Å². The molecule has 0 aliphatic heterocycles. The van der Waals surface area contributed by atoms with Crippen LogP contribution in [0.4, 0.5) is 13.2 Å². The van der Waals surface area contributed by atoms with Gasteiger partial charge < -0.3 is 0 Å². The van der Waals surface area contributed by atoms with E-state index in [4.69, 9.17) is 0 Å². The molecule has 0 saturated heterocycles. The highest BCUT2D eigenvalue weighted by Gasteiger charge is 2.61. The SMILES string of the molecule is FC1(F)CCC1(F)I. The number of rotatable bonds is 0. The Labute approximate surface area is 58.6 Å². The molecule has 1 unspecified atom stereocenters. The zero-order valence-corrected chi connectivity index (χ0v) is 6.08. The zero-order chi connectivity index (χ0) is 6.41. The Morgan fingerprint density at radius 2 is 1.50 bits per heavy atom. The third-order valence-electron chi connectivity index (χ3n) is 1.29. The topological polar surface area (TPSA) is 0 Å². The van der Waals surface area contributed by atoms with E-state index in [-0.39, 0.29) is 12.8 Å². The Morgan fingerprint density at radius 1 is 1.12 bits per heavy atom. The molecule has 0 aromatic carbocycles. The van der Waals surface area contributed by atoms with Gasteiger partial charge in [0.15, 0.2) is 0 Å². The van der Waals surface area contributed by atoms with Gasteiger partial charge in [-0.15, -0.1) is 0 Å². The lowest BCUT2D eigenvalue weighted by Gasteiger charge is -2.37. The van der Waals surface area contributed by atoms with Crippen molar-refractivity contribution < 1.29 is 13.2 Å². The van der Waals surface area contributed by atoms with Crippen molar-refractivity contribution in [1.82, 2.24) is 0 Å². The van der Waals surface area contributed by atoms with E-state index < -0.39 is 9.60 Å².